The van der Waals surface area contributed by atoms with Gasteiger partial charge >= 0.3 is 12.4 Å². The molecule has 10 heteroatoms. The molecule has 0 unspecified atom stereocenters. The molecule has 1 aromatic heterocycles. The first-order chi connectivity index (χ1) is 19.1. The molecule has 1 aliphatic rings. The van der Waals surface area contributed by atoms with Crippen LogP contribution in [0.2, 0.25) is 0 Å². The number of carbonyl (C=O) groups excluding carboxylic acids is 1. The maximum Gasteiger partial charge on any atom is 0.416 e. The fraction of sp³-hybridized carbons (Fsp3) is 0.419. The number of pyridine rings is 1. The van der Waals surface area contributed by atoms with Gasteiger partial charge in [-0.1, -0.05) is 25.3 Å². The Bertz CT molecular complexity index is 1390. The Labute approximate surface area is 234 Å². The largest absolute Gasteiger partial charge is 0.416 e. The summed E-state index contributed by atoms with van der Waals surface area (Å²) in [5, 5.41) is 3.00. The van der Waals surface area contributed by atoms with E-state index in [1.54, 1.807) is 19.2 Å². The highest BCUT2D eigenvalue weighted by molar-refractivity contribution is 5.93. The maximum absolute atomic E-state index is 13.9. The van der Waals surface area contributed by atoms with Crippen LogP contribution in [0.25, 0.3) is 11.1 Å². The summed E-state index contributed by atoms with van der Waals surface area (Å²) in [7, 11) is 0. The Balaban J connectivity index is 1.66. The van der Waals surface area contributed by atoms with Crippen LogP contribution >= 0.6 is 0 Å². The molecule has 1 saturated carbocycles. The van der Waals surface area contributed by atoms with E-state index < -0.39 is 46.1 Å². The van der Waals surface area contributed by atoms with Crippen LogP contribution in [-0.2, 0) is 22.6 Å². The van der Waals surface area contributed by atoms with Crippen LogP contribution < -0.4 is 5.32 Å². The predicted octanol–water partition coefficient (Wildman–Crippen LogP) is 9.24. The number of aromatic nitrogens is 1. The van der Waals surface area contributed by atoms with Gasteiger partial charge in [0.15, 0.2) is 5.78 Å². The third kappa shape index (κ3) is 6.90. The first-order valence-electron chi connectivity index (χ1n) is 13.4. The van der Waals surface area contributed by atoms with Crippen molar-refractivity contribution in [2.75, 3.05) is 11.9 Å². The van der Waals surface area contributed by atoms with Crippen LogP contribution in [0.3, 0.4) is 0 Å². The number of nitrogens with one attached hydrogen (secondary N) is 1. The molecule has 0 atom stereocenters. The van der Waals surface area contributed by atoms with Crippen molar-refractivity contribution in [2.45, 2.75) is 76.6 Å². The average Bonchev–Trinajstić information content (AvgIpc) is 2.91. The number of anilines is 1. The Morgan fingerprint density at radius 3 is 2.00 bits per heavy atom. The molecule has 3 nitrogen and oxygen atoms in total. The molecule has 220 valence electrons. The highest BCUT2D eigenvalue weighted by Gasteiger charge is 2.40. The molecule has 1 N–H and O–H groups in total. The number of halogens is 7. The van der Waals surface area contributed by atoms with Crippen LogP contribution in [0, 0.1) is 12.7 Å². The van der Waals surface area contributed by atoms with E-state index in [1.807, 2.05) is 6.07 Å². The van der Waals surface area contributed by atoms with Crippen LogP contribution in [-0.4, -0.2) is 17.3 Å². The van der Waals surface area contributed by atoms with Crippen molar-refractivity contribution in [3.8, 4) is 11.1 Å². The fourth-order valence-corrected chi connectivity index (χ4v) is 5.26. The highest BCUT2D eigenvalue weighted by atomic mass is 19.4. The molecule has 4 rings (SSSR count). The van der Waals surface area contributed by atoms with Crippen LogP contribution in [0.4, 0.5) is 36.4 Å². The van der Waals surface area contributed by atoms with Crippen molar-refractivity contribution in [1.29, 1.82) is 0 Å². The van der Waals surface area contributed by atoms with E-state index in [4.69, 9.17) is 0 Å². The zero-order chi connectivity index (χ0) is 30.2. The van der Waals surface area contributed by atoms with Crippen molar-refractivity contribution in [3.63, 3.8) is 0 Å². The topological polar surface area (TPSA) is 42.0 Å². The minimum atomic E-state index is -5.03. The monoisotopic (exact) mass is 580 g/mol. The van der Waals surface area contributed by atoms with Gasteiger partial charge in [0.25, 0.3) is 0 Å². The number of benzene rings is 2. The standard InChI is InChI=1S/C31H31F7N2O/c1-18-11-23(32)9-10-24(18)25-15-26(19-7-5-4-6-8-19)39-16-27(25)40-17-28(41)29(2,3)20-12-21(30(33,34)35)14-22(13-20)31(36,37)38/h9-16,19,40H,4-8,17H2,1-3H3. The van der Waals surface area contributed by atoms with E-state index in [2.05, 4.69) is 10.3 Å². The molecule has 1 fully saturated rings. The lowest BCUT2D eigenvalue weighted by Gasteiger charge is -2.27. The zero-order valence-electron chi connectivity index (χ0n) is 22.9. The molecule has 0 bridgehead atoms. The van der Waals surface area contributed by atoms with Gasteiger partial charge in [0.1, 0.15) is 5.82 Å². The fourth-order valence-electron chi connectivity index (χ4n) is 5.26. The number of carbonyl (C=O) groups is 1. The molecule has 3 aromatic rings. The summed E-state index contributed by atoms with van der Waals surface area (Å²) < 4.78 is 94.5. The molecule has 0 radical (unpaired) electrons. The van der Waals surface area contributed by atoms with Gasteiger partial charge in [-0.25, -0.2) is 4.39 Å². The Hall–Kier alpha value is -3.43. The van der Waals surface area contributed by atoms with E-state index in [9.17, 15) is 35.5 Å². The minimum absolute atomic E-state index is 0.0408. The van der Waals surface area contributed by atoms with E-state index >= 15 is 0 Å². The first kappa shape index (κ1) is 30.5. The minimum Gasteiger partial charge on any atom is -0.376 e. The van der Waals surface area contributed by atoms with Gasteiger partial charge in [0, 0.05) is 17.2 Å². The number of Topliss-reactive ketones (excluding diaryl/α,β-unsaturated/α-hetero) is 1. The number of ketones is 1. The maximum atomic E-state index is 13.9. The lowest BCUT2D eigenvalue weighted by atomic mass is 9.79. The van der Waals surface area contributed by atoms with Gasteiger partial charge in [-0.15, -0.1) is 0 Å². The zero-order valence-corrected chi connectivity index (χ0v) is 22.9. The number of rotatable bonds is 7. The third-order valence-electron chi connectivity index (χ3n) is 7.87. The lowest BCUT2D eigenvalue weighted by Crippen LogP contribution is -2.35. The van der Waals surface area contributed by atoms with Gasteiger partial charge in [0.05, 0.1) is 35.0 Å². The molecular weight excluding hydrogens is 549 g/mol. The second-order valence-corrected chi connectivity index (χ2v) is 11.1. The normalized spacial score (nSPS) is 15.2. The lowest BCUT2D eigenvalue weighted by molar-refractivity contribution is -0.143. The Kier molecular flexibility index (Phi) is 8.52. The Morgan fingerprint density at radius 1 is 0.854 bits per heavy atom. The van der Waals surface area contributed by atoms with Gasteiger partial charge in [-0.2, -0.15) is 26.3 Å². The smallest absolute Gasteiger partial charge is 0.376 e. The molecule has 0 aliphatic heterocycles. The van der Waals surface area contributed by atoms with Crippen LogP contribution in [0.15, 0.2) is 48.7 Å². The van der Waals surface area contributed by atoms with Crippen molar-refractivity contribution in [1.82, 2.24) is 4.98 Å². The van der Waals surface area contributed by atoms with E-state index in [1.165, 1.54) is 26.0 Å². The summed E-state index contributed by atoms with van der Waals surface area (Å²) in [4.78, 5) is 18.0. The quantitative estimate of drug-likeness (QED) is 0.283. The average molecular weight is 581 g/mol. The van der Waals surface area contributed by atoms with Crippen LogP contribution in [0.5, 0.6) is 0 Å². The number of nitrogens with zero attached hydrogens (tertiary/aromatic N) is 1. The van der Waals surface area contributed by atoms with E-state index in [-0.39, 0.29) is 18.5 Å². The van der Waals surface area contributed by atoms with Gasteiger partial charge in [-0.3, -0.25) is 9.78 Å². The van der Waals surface area contributed by atoms with Gasteiger partial charge in [0.2, 0.25) is 0 Å². The molecule has 41 heavy (non-hydrogen) atoms. The molecule has 0 amide bonds. The number of aryl methyl sites for hydroxylation is 1. The second kappa shape index (κ2) is 11.4. The summed E-state index contributed by atoms with van der Waals surface area (Å²) in [6, 6.07) is 7.47. The molecule has 2 aromatic carbocycles. The second-order valence-electron chi connectivity index (χ2n) is 11.1. The summed E-state index contributed by atoms with van der Waals surface area (Å²) in [6.07, 6.45) is -3.15. The summed E-state index contributed by atoms with van der Waals surface area (Å²) in [6.45, 7) is 3.95. The SMILES string of the molecule is Cc1cc(F)ccc1-c1cc(C2CCCCC2)ncc1NCC(=O)C(C)(C)c1cc(C(F)(F)F)cc(C(F)(F)F)c1. The highest BCUT2D eigenvalue weighted by Crippen LogP contribution is 2.40. The van der Waals surface area contributed by atoms with Gasteiger partial charge in [-0.05, 0) is 86.7 Å². The Morgan fingerprint density at radius 2 is 1.44 bits per heavy atom. The molecule has 0 saturated heterocycles. The first-order valence-corrected chi connectivity index (χ1v) is 13.4. The molecule has 1 aliphatic carbocycles. The van der Waals surface area contributed by atoms with Crippen molar-refractivity contribution < 1.29 is 35.5 Å². The van der Waals surface area contributed by atoms with Crippen molar-refractivity contribution in [2.24, 2.45) is 0 Å². The molecule has 0 spiro atoms. The third-order valence-corrected chi connectivity index (χ3v) is 7.87. The summed E-state index contributed by atoms with van der Waals surface area (Å²) in [5.41, 5.74) is -1.66. The van der Waals surface area contributed by atoms with E-state index in [0.29, 0.717) is 34.5 Å². The number of hydrogen-bond donors (Lipinski definition) is 1. The van der Waals surface area contributed by atoms with Crippen molar-refractivity contribution >= 4 is 11.5 Å². The molecule has 1 heterocycles. The summed E-state index contributed by atoms with van der Waals surface area (Å²) >= 11 is 0. The van der Waals surface area contributed by atoms with Crippen LogP contribution in [0.1, 0.15) is 79.8 Å². The summed E-state index contributed by atoms with van der Waals surface area (Å²) in [5.74, 6) is -0.761. The predicted molar refractivity (Wildman–Crippen MR) is 143 cm³/mol. The number of hydrogen-bond acceptors (Lipinski definition) is 3. The van der Waals surface area contributed by atoms with Gasteiger partial charge < -0.3 is 5.32 Å². The number of alkyl halides is 6. The molecular formula is C31H31F7N2O. The van der Waals surface area contributed by atoms with Crippen molar-refractivity contribution in [3.05, 3.63) is 82.4 Å². The van der Waals surface area contributed by atoms with E-state index in [0.717, 1.165) is 37.8 Å².